The molecule has 146 valence electrons. The van der Waals surface area contributed by atoms with Gasteiger partial charge >= 0.3 is 0 Å². The number of ether oxygens (including phenoxy) is 2. The number of methoxy groups -OCH3 is 2. The quantitative estimate of drug-likeness (QED) is 0.656. The molecule has 0 N–H and O–H groups in total. The molecule has 0 aliphatic carbocycles. The van der Waals surface area contributed by atoms with Crippen molar-refractivity contribution in [2.45, 2.75) is 0 Å². The molecule has 1 heterocycles. The lowest BCUT2D eigenvalue weighted by Gasteiger charge is -2.26. The Morgan fingerprint density at radius 3 is 1.68 bits per heavy atom. The minimum absolute atomic E-state index is 0.0177. The lowest BCUT2D eigenvalue weighted by molar-refractivity contribution is -0.113. The van der Waals surface area contributed by atoms with Crippen LogP contribution < -0.4 is 9.47 Å². The first kappa shape index (κ1) is 20.5. The number of rotatable bonds is 4. The highest BCUT2D eigenvalue weighted by Gasteiger charge is 2.24. The van der Waals surface area contributed by atoms with E-state index in [4.69, 9.17) is 32.7 Å². The summed E-state index contributed by atoms with van der Waals surface area (Å²) in [7, 11) is 5.10. The van der Waals surface area contributed by atoms with Crippen molar-refractivity contribution in [2.24, 2.45) is 0 Å². The zero-order valence-electron chi connectivity index (χ0n) is 16.0. The van der Waals surface area contributed by atoms with Crippen LogP contribution in [-0.4, -0.2) is 45.0 Å². The second kappa shape index (κ2) is 8.82. The largest absolute Gasteiger partial charge is 0.495 e. The zero-order chi connectivity index (χ0) is 20.3. The number of likely N-dealkylation sites (N-methyl/N-ethyl adjacent to an activating group) is 1. The van der Waals surface area contributed by atoms with Gasteiger partial charge in [0.1, 0.15) is 11.5 Å². The van der Waals surface area contributed by atoms with Gasteiger partial charge in [0.25, 0.3) is 0 Å². The Bertz CT molecular complexity index is 891. The van der Waals surface area contributed by atoms with Crippen molar-refractivity contribution in [1.82, 2.24) is 4.90 Å². The minimum Gasteiger partial charge on any atom is -0.495 e. The number of Topliss-reactive ketones (excluding diaryl/α,β-unsaturated/α-hetero) is 1. The first-order chi connectivity index (χ1) is 13.4. The van der Waals surface area contributed by atoms with Crippen molar-refractivity contribution in [3.8, 4) is 11.5 Å². The summed E-state index contributed by atoms with van der Waals surface area (Å²) in [5.41, 5.74) is 2.82. The Morgan fingerprint density at radius 2 is 1.29 bits per heavy atom. The molecule has 0 aromatic heterocycles. The molecule has 0 radical (unpaired) electrons. The number of likely N-dealkylation sites (tertiary alicyclic amines) is 1. The van der Waals surface area contributed by atoms with Crippen molar-refractivity contribution >= 4 is 41.1 Å². The average Bonchev–Trinajstić information content (AvgIpc) is 2.68. The van der Waals surface area contributed by atoms with Crippen LogP contribution in [-0.2, 0) is 4.79 Å². The number of carbonyl (C=O) groups excluding carboxylic acids is 1. The normalized spacial score (nSPS) is 18.0. The van der Waals surface area contributed by atoms with Crippen LogP contribution in [0.3, 0.4) is 0 Å². The topological polar surface area (TPSA) is 38.8 Å². The molecule has 1 aliphatic heterocycles. The summed E-state index contributed by atoms with van der Waals surface area (Å²) in [6, 6.07) is 11.0. The Labute approximate surface area is 175 Å². The van der Waals surface area contributed by atoms with Gasteiger partial charge in [-0.05, 0) is 42.5 Å². The number of nitrogens with zero attached hydrogens (tertiary/aromatic N) is 1. The number of hydrogen-bond donors (Lipinski definition) is 0. The third kappa shape index (κ3) is 4.25. The van der Waals surface area contributed by atoms with E-state index >= 15 is 0 Å². The van der Waals surface area contributed by atoms with E-state index in [1.54, 1.807) is 26.4 Å². The molecule has 0 atom stereocenters. The predicted molar refractivity (Wildman–Crippen MR) is 114 cm³/mol. The molecule has 2 aromatic rings. The SMILES string of the molecule is COc1cccc(C=C2CN(C)CC(=Cc3cccc(OC)c3Cl)C2=O)c1Cl. The molecule has 0 saturated carbocycles. The molecule has 0 spiro atoms. The lowest BCUT2D eigenvalue weighted by Crippen LogP contribution is -2.34. The van der Waals surface area contributed by atoms with E-state index in [2.05, 4.69) is 4.90 Å². The number of ketones is 1. The van der Waals surface area contributed by atoms with Gasteiger partial charge in [0.05, 0.1) is 24.3 Å². The summed E-state index contributed by atoms with van der Waals surface area (Å²) in [6.45, 7) is 1.07. The van der Waals surface area contributed by atoms with Crippen molar-refractivity contribution in [3.63, 3.8) is 0 Å². The molecule has 1 saturated heterocycles. The second-order valence-corrected chi connectivity index (χ2v) is 7.32. The number of hydrogen-bond acceptors (Lipinski definition) is 4. The highest BCUT2D eigenvalue weighted by atomic mass is 35.5. The van der Waals surface area contributed by atoms with Gasteiger partial charge in [-0.1, -0.05) is 47.5 Å². The van der Waals surface area contributed by atoms with Crippen LogP contribution in [0.1, 0.15) is 11.1 Å². The molecule has 1 fully saturated rings. The van der Waals surface area contributed by atoms with Crippen molar-refractivity contribution in [2.75, 3.05) is 34.4 Å². The van der Waals surface area contributed by atoms with Gasteiger partial charge in [-0.15, -0.1) is 0 Å². The molecule has 1 aliphatic rings. The maximum atomic E-state index is 13.1. The van der Waals surface area contributed by atoms with Crippen LogP contribution in [0.25, 0.3) is 12.2 Å². The monoisotopic (exact) mass is 417 g/mol. The van der Waals surface area contributed by atoms with Crippen LogP contribution in [0.5, 0.6) is 11.5 Å². The third-order valence-corrected chi connectivity index (χ3v) is 5.36. The van der Waals surface area contributed by atoms with Crippen molar-refractivity contribution < 1.29 is 14.3 Å². The minimum atomic E-state index is -0.0177. The standard InChI is InChI=1S/C22H21Cl2NO3/c1-25-12-16(10-14-6-4-8-18(27-2)20(14)23)22(26)17(13-25)11-15-7-5-9-19(28-3)21(15)24/h4-11H,12-13H2,1-3H3. The summed E-state index contributed by atoms with van der Waals surface area (Å²) < 4.78 is 10.5. The van der Waals surface area contributed by atoms with Crippen LogP contribution in [0, 0.1) is 0 Å². The Morgan fingerprint density at radius 1 is 0.857 bits per heavy atom. The fourth-order valence-corrected chi connectivity index (χ4v) is 3.69. The number of benzene rings is 2. The van der Waals surface area contributed by atoms with E-state index in [0.717, 1.165) is 11.1 Å². The average molecular weight is 418 g/mol. The van der Waals surface area contributed by atoms with Gasteiger partial charge in [0.2, 0.25) is 0 Å². The first-order valence-electron chi connectivity index (χ1n) is 8.74. The molecule has 3 rings (SSSR count). The zero-order valence-corrected chi connectivity index (χ0v) is 17.5. The molecule has 28 heavy (non-hydrogen) atoms. The van der Waals surface area contributed by atoms with E-state index in [0.29, 0.717) is 45.8 Å². The molecule has 4 nitrogen and oxygen atoms in total. The van der Waals surface area contributed by atoms with Crippen molar-refractivity contribution in [1.29, 1.82) is 0 Å². The Hall–Kier alpha value is -2.27. The van der Waals surface area contributed by atoms with Crippen LogP contribution >= 0.6 is 23.2 Å². The van der Waals surface area contributed by atoms with Gasteiger partial charge in [0.15, 0.2) is 5.78 Å². The van der Waals surface area contributed by atoms with E-state index in [-0.39, 0.29) is 5.78 Å². The third-order valence-electron chi connectivity index (χ3n) is 4.55. The van der Waals surface area contributed by atoms with E-state index < -0.39 is 0 Å². The fraction of sp³-hybridized carbons (Fsp3) is 0.227. The predicted octanol–water partition coefficient (Wildman–Crippen LogP) is 4.99. The second-order valence-electron chi connectivity index (χ2n) is 6.57. The molecule has 0 amide bonds. The molecule has 0 unspecified atom stereocenters. The van der Waals surface area contributed by atoms with Crippen LogP contribution in [0.15, 0.2) is 47.5 Å². The molecular formula is C22H21Cl2NO3. The summed E-state index contributed by atoms with van der Waals surface area (Å²) in [6.07, 6.45) is 3.65. The fourth-order valence-electron chi connectivity index (χ4n) is 3.18. The molecule has 6 heteroatoms. The number of piperidine rings is 1. The first-order valence-corrected chi connectivity index (χ1v) is 9.49. The summed E-state index contributed by atoms with van der Waals surface area (Å²) in [4.78, 5) is 15.2. The van der Waals surface area contributed by atoms with Gasteiger partial charge < -0.3 is 9.47 Å². The molecule has 2 aromatic carbocycles. The maximum absolute atomic E-state index is 13.1. The van der Waals surface area contributed by atoms with Gasteiger partial charge in [-0.25, -0.2) is 0 Å². The van der Waals surface area contributed by atoms with Gasteiger partial charge in [-0.3, -0.25) is 9.69 Å². The van der Waals surface area contributed by atoms with Crippen molar-refractivity contribution in [3.05, 3.63) is 68.7 Å². The Balaban J connectivity index is 2.00. The maximum Gasteiger partial charge on any atom is 0.187 e. The lowest BCUT2D eigenvalue weighted by atomic mass is 9.94. The van der Waals surface area contributed by atoms with E-state index in [1.165, 1.54) is 0 Å². The van der Waals surface area contributed by atoms with Gasteiger partial charge in [-0.2, -0.15) is 0 Å². The number of halogens is 2. The van der Waals surface area contributed by atoms with Crippen LogP contribution in [0.2, 0.25) is 10.0 Å². The van der Waals surface area contributed by atoms with E-state index in [9.17, 15) is 4.79 Å². The highest BCUT2D eigenvalue weighted by molar-refractivity contribution is 6.34. The Kier molecular flexibility index (Phi) is 6.45. The summed E-state index contributed by atoms with van der Waals surface area (Å²) in [5.74, 6) is 1.13. The highest BCUT2D eigenvalue weighted by Crippen LogP contribution is 2.32. The van der Waals surface area contributed by atoms with Gasteiger partial charge in [0, 0.05) is 24.2 Å². The molecular weight excluding hydrogens is 397 g/mol. The van der Waals surface area contributed by atoms with E-state index in [1.807, 2.05) is 43.5 Å². The smallest absolute Gasteiger partial charge is 0.187 e. The summed E-state index contributed by atoms with van der Waals surface area (Å²) >= 11 is 12.8. The van der Waals surface area contributed by atoms with Crippen LogP contribution in [0.4, 0.5) is 0 Å². The number of carbonyl (C=O) groups is 1. The summed E-state index contributed by atoms with van der Waals surface area (Å²) in [5, 5.41) is 0.972. The molecule has 0 bridgehead atoms.